The maximum Gasteiger partial charge on any atom is 0.0701 e. The average molecular weight is 317 g/mol. The van der Waals surface area contributed by atoms with Crippen molar-refractivity contribution >= 4 is 27.3 Å². The molecule has 0 aliphatic carbocycles. The van der Waals surface area contributed by atoms with Crippen LogP contribution in [0.25, 0.3) is 0 Å². The molecule has 96 valence electrons. The van der Waals surface area contributed by atoms with Crippen molar-refractivity contribution in [3.05, 3.63) is 20.8 Å². The summed E-state index contributed by atoms with van der Waals surface area (Å²) in [5, 5.41) is 2.45. The van der Waals surface area contributed by atoms with Gasteiger partial charge in [-0.2, -0.15) is 0 Å². The van der Waals surface area contributed by atoms with Crippen LogP contribution in [0.4, 0.5) is 0 Å². The zero-order valence-electron chi connectivity index (χ0n) is 10.7. The molecule has 0 amide bonds. The summed E-state index contributed by atoms with van der Waals surface area (Å²) >= 11 is 5.34. The Labute approximate surface area is 116 Å². The number of nitrogens with one attached hydrogen (secondary N) is 1. The van der Waals surface area contributed by atoms with Crippen molar-refractivity contribution in [2.24, 2.45) is 0 Å². The molecule has 2 heterocycles. The van der Waals surface area contributed by atoms with Crippen molar-refractivity contribution in [1.82, 2.24) is 10.4 Å². The van der Waals surface area contributed by atoms with Gasteiger partial charge >= 0.3 is 0 Å². The van der Waals surface area contributed by atoms with Crippen LogP contribution in [-0.4, -0.2) is 17.1 Å². The number of hydrazine groups is 1. The van der Waals surface area contributed by atoms with Gasteiger partial charge in [0.1, 0.15) is 0 Å². The van der Waals surface area contributed by atoms with E-state index in [-0.39, 0.29) is 0 Å². The van der Waals surface area contributed by atoms with Crippen molar-refractivity contribution in [2.75, 3.05) is 0 Å². The largest absolute Gasteiger partial charge is 0.247 e. The molecular weight excluding hydrogens is 296 g/mol. The van der Waals surface area contributed by atoms with E-state index in [1.165, 1.54) is 27.9 Å². The molecule has 4 heteroatoms. The molecule has 2 nitrogen and oxygen atoms in total. The second-order valence-electron chi connectivity index (χ2n) is 5.03. The summed E-state index contributed by atoms with van der Waals surface area (Å²) in [7, 11) is 0. The fraction of sp³-hybridized carbons (Fsp3) is 0.692. The topological polar surface area (TPSA) is 15.3 Å². The number of rotatable bonds is 3. The highest BCUT2D eigenvalue weighted by Gasteiger charge is 2.26. The molecule has 0 radical (unpaired) electrons. The number of thiophene rings is 1. The molecule has 1 aliphatic heterocycles. The zero-order chi connectivity index (χ0) is 12.4. The van der Waals surface area contributed by atoms with E-state index in [1.807, 2.05) is 11.3 Å². The summed E-state index contributed by atoms with van der Waals surface area (Å²) < 4.78 is 1.21. The van der Waals surface area contributed by atoms with Gasteiger partial charge in [0.2, 0.25) is 0 Å². The van der Waals surface area contributed by atoms with Crippen LogP contribution < -0.4 is 5.43 Å². The van der Waals surface area contributed by atoms with Crippen LogP contribution in [-0.2, 0) is 0 Å². The molecule has 1 aromatic rings. The molecule has 1 aromatic heterocycles. The lowest BCUT2D eigenvalue weighted by Gasteiger charge is -2.40. The maximum absolute atomic E-state index is 3.67. The van der Waals surface area contributed by atoms with Crippen LogP contribution in [0.5, 0.6) is 0 Å². The van der Waals surface area contributed by atoms with Gasteiger partial charge in [0.25, 0.3) is 0 Å². The molecule has 0 spiro atoms. The predicted octanol–water partition coefficient (Wildman–Crippen LogP) is 4.34. The van der Waals surface area contributed by atoms with Crippen LogP contribution in [0.3, 0.4) is 0 Å². The average Bonchev–Trinajstić information content (AvgIpc) is 2.70. The van der Waals surface area contributed by atoms with Gasteiger partial charge in [-0.1, -0.05) is 6.42 Å². The second kappa shape index (κ2) is 5.83. The number of hydrogen-bond acceptors (Lipinski definition) is 3. The van der Waals surface area contributed by atoms with E-state index >= 15 is 0 Å². The van der Waals surface area contributed by atoms with Gasteiger partial charge in [-0.05, 0) is 61.7 Å². The Hall–Kier alpha value is 0.1000. The second-order valence-corrected chi connectivity index (χ2v) is 7.52. The molecule has 1 N–H and O–H groups in total. The third-order valence-electron chi connectivity index (χ3n) is 3.56. The summed E-state index contributed by atoms with van der Waals surface area (Å²) in [6, 6.07) is 6.01. The van der Waals surface area contributed by atoms with Gasteiger partial charge in [-0.25, -0.2) is 10.4 Å². The van der Waals surface area contributed by atoms with Crippen LogP contribution in [0.2, 0.25) is 0 Å². The first kappa shape index (κ1) is 13.5. The highest BCUT2D eigenvalue weighted by atomic mass is 79.9. The SMILES string of the molecule is CC(NN1C(C)CCCC1C)c1ccc(Br)s1. The Morgan fingerprint density at radius 2 is 2.00 bits per heavy atom. The van der Waals surface area contributed by atoms with E-state index in [1.54, 1.807) is 0 Å². The molecule has 1 aliphatic rings. The minimum atomic E-state index is 0.397. The van der Waals surface area contributed by atoms with E-state index in [0.717, 1.165) is 0 Å². The molecular formula is C13H21BrN2S. The maximum atomic E-state index is 3.67. The Kier molecular flexibility index (Phi) is 4.64. The fourth-order valence-corrected chi connectivity index (χ4v) is 3.94. The minimum Gasteiger partial charge on any atom is -0.247 e. The smallest absolute Gasteiger partial charge is 0.0701 e. The minimum absolute atomic E-state index is 0.397. The van der Waals surface area contributed by atoms with E-state index in [0.29, 0.717) is 18.1 Å². The lowest BCUT2D eigenvalue weighted by molar-refractivity contribution is 0.0325. The van der Waals surface area contributed by atoms with Gasteiger partial charge in [-0.15, -0.1) is 11.3 Å². The first-order valence-corrected chi connectivity index (χ1v) is 7.98. The van der Waals surface area contributed by atoms with Gasteiger partial charge in [0, 0.05) is 17.0 Å². The molecule has 0 bridgehead atoms. The molecule has 3 atom stereocenters. The number of nitrogens with zero attached hydrogens (tertiary/aromatic N) is 1. The molecule has 1 fully saturated rings. The summed E-state index contributed by atoms with van der Waals surface area (Å²) in [4.78, 5) is 1.39. The molecule has 0 saturated carbocycles. The zero-order valence-corrected chi connectivity index (χ0v) is 13.1. The van der Waals surface area contributed by atoms with E-state index in [2.05, 4.69) is 59.3 Å². The third kappa shape index (κ3) is 3.31. The Bertz CT molecular complexity index is 356. The number of halogens is 1. The summed E-state index contributed by atoms with van der Waals surface area (Å²) in [6.07, 6.45) is 3.97. The summed E-state index contributed by atoms with van der Waals surface area (Å²) in [5.41, 5.74) is 3.67. The first-order chi connectivity index (χ1) is 8.08. The van der Waals surface area contributed by atoms with Crippen LogP contribution >= 0.6 is 27.3 Å². The first-order valence-electron chi connectivity index (χ1n) is 6.37. The Balaban J connectivity index is 1.99. The van der Waals surface area contributed by atoms with Crippen molar-refractivity contribution < 1.29 is 0 Å². The highest BCUT2D eigenvalue weighted by Crippen LogP contribution is 2.29. The van der Waals surface area contributed by atoms with Crippen molar-refractivity contribution in [3.8, 4) is 0 Å². The summed E-state index contributed by atoms with van der Waals surface area (Å²) in [6.45, 7) is 6.88. The number of piperidine rings is 1. The Morgan fingerprint density at radius 3 is 2.53 bits per heavy atom. The quantitative estimate of drug-likeness (QED) is 0.892. The van der Waals surface area contributed by atoms with Crippen molar-refractivity contribution in [1.29, 1.82) is 0 Å². The van der Waals surface area contributed by atoms with Crippen LogP contribution in [0, 0.1) is 0 Å². The van der Waals surface area contributed by atoms with Crippen LogP contribution in [0.1, 0.15) is 51.0 Å². The van der Waals surface area contributed by atoms with Gasteiger partial charge < -0.3 is 0 Å². The van der Waals surface area contributed by atoms with Crippen LogP contribution in [0.15, 0.2) is 15.9 Å². The molecule has 17 heavy (non-hydrogen) atoms. The van der Waals surface area contributed by atoms with Crippen molar-refractivity contribution in [2.45, 2.75) is 58.2 Å². The lowest BCUT2D eigenvalue weighted by Crippen LogP contribution is -2.52. The number of hydrogen-bond donors (Lipinski definition) is 1. The lowest BCUT2D eigenvalue weighted by atomic mass is 10.00. The molecule has 1 saturated heterocycles. The molecule has 3 unspecified atom stereocenters. The fourth-order valence-electron chi connectivity index (χ4n) is 2.52. The van der Waals surface area contributed by atoms with E-state index in [4.69, 9.17) is 0 Å². The molecule has 2 rings (SSSR count). The monoisotopic (exact) mass is 316 g/mol. The van der Waals surface area contributed by atoms with Gasteiger partial charge in [-0.3, -0.25) is 0 Å². The predicted molar refractivity (Wildman–Crippen MR) is 78.2 cm³/mol. The summed E-state index contributed by atoms with van der Waals surface area (Å²) in [5.74, 6) is 0. The molecule has 0 aromatic carbocycles. The van der Waals surface area contributed by atoms with Gasteiger partial charge in [0.15, 0.2) is 0 Å². The van der Waals surface area contributed by atoms with E-state index in [9.17, 15) is 0 Å². The Morgan fingerprint density at radius 1 is 1.35 bits per heavy atom. The normalized spacial score (nSPS) is 28.2. The van der Waals surface area contributed by atoms with E-state index < -0.39 is 0 Å². The standard InChI is InChI=1S/C13H21BrN2S/c1-9-5-4-6-10(2)16(9)15-11(3)12-7-8-13(14)17-12/h7-11,15H,4-6H2,1-3H3. The third-order valence-corrected chi connectivity index (χ3v) is 5.36. The highest BCUT2D eigenvalue weighted by molar-refractivity contribution is 9.11. The van der Waals surface area contributed by atoms with Crippen molar-refractivity contribution in [3.63, 3.8) is 0 Å². The van der Waals surface area contributed by atoms with Gasteiger partial charge in [0.05, 0.1) is 9.83 Å².